The van der Waals surface area contributed by atoms with Gasteiger partial charge in [0.25, 0.3) is 5.91 Å². The van der Waals surface area contributed by atoms with Crippen molar-refractivity contribution in [3.8, 4) is 0 Å². The molecule has 1 aromatic carbocycles. The number of anilines is 1. The van der Waals surface area contributed by atoms with Gasteiger partial charge in [0, 0.05) is 0 Å². The lowest BCUT2D eigenvalue weighted by atomic mass is 9.96. The predicted octanol–water partition coefficient (Wildman–Crippen LogP) is 2.76. The molecule has 4 nitrogen and oxygen atoms in total. The number of benzene rings is 1. The molecule has 0 aliphatic carbocycles. The Morgan fingerprint density at radius 1 is 1.25 bits per heavy atom. The minimum atomic E-state index is -1.08. The number of nitrogens with one attached hydrogen (secondary N) is 1. The van der Waals surface area contributed by atoms with E-state index in [0.717, 1.165) is 12.1 Å². The third kappa shape index (κ3) is 2.36. The summed E-state index contributed by atoms with van der Waals surface area (Å²) in [5.41, 5.74) is -0.930. The van der Waals surface area contributed by atoms with Crippen LogP contribution in [0.5, 0.6) is 0 Å². The van der Waals surface area contributed by atoms with Crippen LogP contribution in [0.2, 0.25) is 10.0 Å². The molecule has 1 aromatic rings. The second-order valence-electron chi connectivity index (χ2n) is 5.18. The molecule has 0 saturated carbocycles. The molecular weight excluding hydrogens is 306 g/mol. The van der Waals surface area contributed by atoms with Gasteiger partial charge in [0.05, 0.1) is 15.7 Å². The number of amides is 2. The van der Waals surface area contributed by atoms with Crippen LogP contribution in [0.1, 0.15) is 20.8 Å². The number of carbonyl (C=O) groups is 2. The topological polar surface area (TPSA) is 49.4 Å². The molecule has 7 heteroatoms. The maximum Gasteiger partial charge on any atom is 0.252 e. The number of nitrogens with zero attached hydrogens (tertiary/aromatic N) is 1. The first-order valence-electron chi connectivity index (χ1n) is 5.95. The highest BCUT2D eigenvalue weighted by molar-refractivity contribution is 6.40. The Balaban J connectivity index is 2.60. The van der Waals surface area contributed by atoms with Crippen molar-refractivity contribution in [1.82, 2.24) is 5.32 Å². The fourth-order valence-electron chi connectivity index (χ4n) is 2.12. The van der Waals surface area contributed by atoms with Gasteiger partial charge in [-0.3, -0.25) is 14.5 Å². The van der Waals surface area contributed by atoms with Crippen molar-refractivity contribution in [1.29, 1.82) is 0 Å². The second-order valence-corrected chi connectivity index (χ2v) is 6.00. The minimum Gasteiger partial charge on any atom is -0.340 e. The van der Waals surface area contributed by atoms with Crippen LogP contribution in [0, 0.1) is 5.82 Å². The quantitative estimate of drug-likeness (QED) is 0.865. The van der Waals surface area contributed by atoms with Crippen LogP contribution in [0.25, 0.3) is 0 Å². The van der Waals surface area contributed by atoms with Crippen LogP contribution in [0.15, 0.2) is 12.1 Å². The summed E-state index contributed by atoms with van der Waals surface area (Å²) in [5.74, 6) is -1.30. The normalized spacial score (nSPS) is 21.9. The number of hydrogen-bond donors (Lipinski definition) is 1. The second kappa shape index (κ2) is 4.90. The average Bonchev–Trinajstić information content (AvgIpc) is 2.29. The number of hydrogen-bond acceptors (Lipinski definition) is 2. The van der Waals surface area contributed by atoms with E-state index < -0.39 is 17.4 Å². The first-order chi connectivity index (χ1) is 9.15. The Kier molecular flexibility index (Phi) is 3.69. The van der Waals surface area contributed by atoms with E-state index in [2.05, 4.69) is 5.32 Å². The van der Waals surface area contributed by atoms with Gasteiger partial charge >= 0.3 is 0 Å². The summed E-state index contributed by atoms with van der Waals surface area (Å²) >= 11 is 12.0. The van der Waals surface area contributed by atoms with Crippen LogP contribution in [-0.4, -0.2) is 23.4 Å². The van der Waals surface area contributed by atoms with E-state index >= 15 is 0 Å². The zero-order chi connectivity index (χ0) is 15.2. The number of halogens is 3. The molecule has 0 aromatic heterocycles. The molecule has 1 aliphatic rings. The van der Waals surface area contributed by atoms with Crippen LogP contribution in [0.3, 0.4) is 0 Å². The van der Waals surface area contributed by atoms with Crippen LogP contribution in [-0.2, 0) is 9.59 Å². The first-order valence-corrected chi connectivity index (χ1v) is 6.71. The summed E-state index contributed by atoms with van der Waals surface area (Å²) in [6.07, 6.45) is 0. The number of carbonyl (C=O) groups excluding carboxylic acids is 2. The van der Waals surface area contributed by atoms with E-state index in [4.69, 9.17) is 23.2 Å². The molecule has 108 valence electrons. The summed E-state index contributed by atoms with van der Waals surface area (Å²) in [6.45, 7) is 4.72. The molecule has 20 heavy (non-hydrogen) atoms. The molecule has 1 fully saturated rings. The minimum absolute atomic E-state index is 0.0132. The first kappa shape index (κ1) is 15.1. The van der Waals surface area contributed by atoms with E-state index in [1.54, 1.807) is 20.8 Å². The lowest BCUT2D eigenvalue weighted by Gasteiger charge is -2.42. The molecule has 1 heterocycles. The molecule has 2 rings (SSSR count). The molecule has 1 atom stereocenters. The monoisotopic (exact) mass is 318 g/mol. The van der Waals surface area contributed by atoms with E-state index in [9.17, 15) is 14.0 Å². The van der Waals surface area contributed by atoms with Crippen LogP contribution >= 0.6 is 23.2 Å². The molecule has 1 N–H and O–H groups in total. The number of rotatable bonds is 1. The Hall–Kier alpha value is -1.33. The molecule has 1 unspecified atom stereocenters. The van der Waals surface area contributed by atoms with Gasteiger partial charge in [0.1, 0.15) is 17.4 Å². The lowest BCUT2D eigenvalue weighted by molar-refractivity contribution is -0.136. The standard InChI is InChI=1S/C13H13Cl2FN2O2/c1-6-11(19)17-13(2,3)12(20)18(6)10-8(14)4-7(16)5-9(10)15/h4-6H,1-3H3,(H,17,19). The Labute approximate surface area is 125 Å². The Bertz CT molecular complexity index is 581. The van der Waals surface area contributed by atoms with Gasteiger partial charge in [-0.15, -0.1) is 0 Å². The molecule has 0 spiro atoms. The zero-order valence-corrected chi connectivity index (χ0v) is 12.6. The largest absolute Gasteiger partial charge is 0.340 e. The van der Waals surface area contributed by atoms with Crippen molar-refractivity contribution >= 4 is 40.7 Å². The maximum absolute atomic E-state index is 13.2. The van der Waals surface area contributed by atoms with Crippen LogP contribution in [0.4, 0.5) is 10.1 Å². The van der Waals surface area contributed by atoms with E-state index in [1.807, 2.05) is 0 Å². The molecule has 1 saturated heterocycles. The average molecular weight is 319 g/mol. The van der Waals surface area contributed by atoms with E-state index in [-0.39, 0.29) is 27.5 Å². The summed E-state index contributed by atoms with van der Waals surface area (Å²) in [5, 5.41) is 2.59. The van der Waals surface area contributed by atoms with Gasteiger partial charge in [0.15, 0.2) is 0 Å². The lowest BCUT2D eigenvalue weighted by Crippen LogP contribution is -2.67. The summed E-state index contributed by atoms with van der Waals surface area (Å²) in [4.78, 5) is 25.7. The maximum atomic E-state index is 13.2. The SMILES string of the molecule is CC1C(=O)NC(C)(C)C(=O)N1c1c(Cl)cc(F)cc1Cl. The smallest absolute Gasteiger partial charge is 0.252 e. The fraction of sp³-hybridized carbons (Fsp3) is 0.385. The molecule has 1 aliphatic heterocycles. The fourth-order valence-corrected chi connectivity index (χ4v) is 2.76. The van der Waals surface area contributed by atoms with Crippen LogP contribution < -0.4 is 10.2 Å². The molecule has 0 bridgehead atoms. The van der Waals surface area contributed by atoms with Gasteiger partial charge in [0.2, 0.25) is 5.91 Å². The summed E-state index contributed by atoms with van der Waals surface area (Å²) in [7, 11) is 0. The highest BCUT2D eigenvalue weighted by atomic mass is 35.5. The van der Waals surface area contributed by atoms with Gasteiger partial charge in [-0.2, -0.15) is 0 Å². The van der Waals surface area contributed by atoms with E-state index in [1.165, 1.54) is 4.90 Å². The zero-order valence-electron chi connectivity index (χ0n) is 11.1. The van der Waals surface area contributed by atoms with E-state index in [0.29, 0.717) is 0 Å². The summed E-state index contributed by atoms with van der Waals surface area (Å²) < 4.78 is 13.2. The Morgan fingerprint density at radius 2 is 1.75 bits per heavy atom. The predicted molar refractivity (Wildman–Crippen MR) is 75.6 cm³/mol. The van der Waals surface area contributed by atoms with Gasteiger partial charge in [-0.05, 0) is 32.9 Å². The number of piperazine rings is 1. The third-order valence-electron chi connectivity index (χ3n) is 3.18. The third-order valence-corrected chi connectivity index (χ3v) is 3.75. The van der Waals surface area contributed by atoms with Crippen molar-refractivity contribution in [3.63, 3.8) is 0 Å². The van der Waals surface area contributed by atoms with Crippen molar-refractivity contribution in [2.75, 3.05) is 4.90 Å². The van der Waals surface area contributed by atoms with Crippen molar-refractivity contribution in [3.05, 3.63) is 28.0 Å². The summed E-state index contributed by atoms with van der Waals surface area (Å²) in [6, 6.07) is 1.33. The van der Waals surface area contributed by atoms with Crippen molar-refractivity contribution in [2.24, 2.45) is 0 Å². The van der Waals surface area contributed by atoms with Crippen molar-refractivity contribution < 1.29 is 14.0 Å². The van der Waals surface area contributed by atoms with Gasteiger partial charge in [-0.1, -0.05) is 23.2 Å². The molecule has 0 radical (unpaired) electrons. The van der Waals surface area contributed by atoms with Gasteiger partial charge in [-0.25, -0.2) is 4.39 Å². The Morgan fingerprint density at radius 3 is 2.25 bits per heavy atom. The molecule has 2 amide bonds. The van der Waals surface area contributed by atoms with Crippen molar-refractivity contribution in [2.45, 2.75) is 32.4 Å². The highest BCUT2D eigenvalue weighted by Crippen LogP contribution is 2.38. The molecular formula is C13H13Cl2FN2O2. The van der Waals surface area contributed by atoms with Gasteiger partial charge < -0.3 is 5.32 Å². The highest BCUT2D eigenvalue weighted by Gasteiger charge is 2.45.